The van der Waals surface area contributed by atoms with Crippen LogP contribution in [0, 0.1) is 0 Å². The molecule has 0 atom stereocenters. The summed E-state index contributed by atoms with van der Waals surface area (Å²) in [7, 11) is 2.77. The third-order valence-corrected chi connectivity index (χ3v) is 2.16. The van der Waals surface area contributed by atoms with Crippen LogP contribution in [-0.2, 0) is 14.3 Å². The van der Waals surface area contributed by atoms with E-state index in [-0.39, 0.29) is 5.76 Å². The minimum atomic E-state index is -0.478. The van der Waals surface area contributed by atoms with Crippen molar-refractivity contribution < 1.29 is 14.3 Å². The molecule has 0 fully saturated rings. The molecule has 90 valence electrons. The summed E-state index contributed by atoms with van der Waals surface area (Å²) in [5.41, 5.74) is 1.99. The topological polar surface area (TPSA) is 35.5 Å². The van der Waals surface area contributed by atoms with Crippen molar-refractivity contribution in [3.05, 3.63) is 53.3 Å². The van der Waals surface area contributed by atoms with Gasteiger partial charge in [-0.15, -0.1) is 0 Å². The third kappa shape index (κ3) is 4.15. The quantitative estimate of drug-likeness (QED) is 0.346. The lowest BCUT2D eigenvalue weighted by Gasteiger charge is -2.03. The highest BCUT2D eigenvalue weighted by Gasteiger charge is 2.08. The van der Waals surface area contributed by atoms with Crippen LogP contribution in [0.5, 0.6) is 0 Å². The van der Waals surface area contributed by atoms with Crippen LogP contribution < -0.4 is 0 Å². The van der Waals surface area contributed by atoms with Crippen molar-refractivity contribution in [3.63, 3.8) is 0 Å². The maximum absolute atomic E-state index is 11.3. The molecule has 0 spiro atoms. The summed E-state index contributed by atoms with van der Waals surface area (Å²) in [6.45, 7) is 1.90. The molecule has 1 rings (SSSR count). The van der Waals surface area contributed by atoms with Crippen molar-refractivity contribution in [3.8, 4) is 0 Å². The van der Waals surface area contributed by atoms with Crippen LogP contribution in [0.3, 0.4) is 0 Å². The van der Waals surface area contributed by atoms with Gasteiger partial charge in [0.15, 0.2) is 0 Å². The molecule has 0 unspecified atom stereocenters. The number of allylic oxidation sites excluding steroid dienone is 2. The van der Waals surface area contributed by atoms with Crippen molar-refractivity contribution in [2.24, 2.45) is 0 Å². The average Bonchev–Trinajstić information content (AvgIpc) is 2.36. The van der Waals surface area contributed by atoms with Crippen LogP contribution in [0.4, 0.5) is 0 Å². The van der Waals surface area contributed by atoms with Crippen molar-refractivity contribution >= 4 is 12.0 Å². The molecule has 0 aromatic heterocycles. The standard InChI is InChI=1S/C14H16O3/c1-11(9-12-7-5-4-6-8-12)10-13(16-2)14(15)17-3/h4-10H,1-3H3/b11-9+,13-10-. The zero-order valence-electron chi connectivity index (χ0n) is 10.3. The monoisotopic (exact) mass is 232 g/mol. The summed E-state index contributed by atoms with van der Waals surface area (Å²) in [5, 5.41) is 0. The number of hydrogen-bond acceptors (Lipinski definition) is 3. The minimum absolute atomic E-state index is 0.192. The van der Waals surface area contributed by atoms with Crippen LogP contribution in [0.15, 0.2) is 47.7 Å². The summed E-state index contributed by atoms with van der Waals surface area (Å²) in [6.07, 6.45) is 3.61. The van der Waals surface area contributed by atoms with E-state index >= 15 is 0 Å². The van der Waals surface area contributed by atoms with Crippen molar-refractivity contribution in [2.75, 3.05) is 14.2 Å². The zero-order valence-corrected chi connectivity index (χ0v) is 10.3. The lowest BCUT2D eigenvalue weighted by Crippen LogP contribution is -2.06. The Morgan fingerprint density at radius 1 is 1.12 bits per heavy atom. The van der Waals surface area contributed by atoms with Gasteiger partial charge in [0.2, 0.25) is 5.76 Å². The number of carbonyl (C=O) groups excluding carboxylic acids is 1. The first-order valence-electron chi connectivity index (χ1n) is 5.24. The van der Waals surface area contributed by atoms with Gasteiger partial charge in [-0.25, -0.2) is 4.79 Å². The van der Waals surface area contributed by atoms with Crippen molar-refractivity contribution in [2.45, 2.75) is 6.92 Å². The van der Waals surface area contributed by atoms with E-state index in [4.69, 9.17) is 4.74 Å². The van der Waals surface area contributed by atoms with E-state index in [0.29, 0.717) is 0 Å². The number of rotatable bonds is 4. The molecule has 0 aliphatic carbocycles. The summed E-state index contributed by atoms with van der Waals surface area (Å²) < 4.78 is 9.55. The number of esters is 1. The number of benzene rings is 1. The molecule has 0 aliphatic rings. The van der Waals surface area contributed by atoms with E-state index in [2.05, 4.69) is 4.74 Å². The predicted molar refractivity (Wildman–Crippen MR) is 67.2 cm³/mol. The van der Waals surface area contributed by atoms with Gasteiger partial charge in [-0.2, -0.15) is 0 Å². The highest BCUT2D eigenvalue weighted by Crippen LogP contribution is 2.10. The Morgan fingerprint density at radius 3 is 2.29 bits per heavy atom. The predicted octanol–water partition coefficient (Wildman–Crippen LogP) is 2.79. The maximum atomic E-state index is 11.3. The Kier molecular flexibility index (Phi) is 5.01. The second-order valence-electron chi connectivity index (χ2n) is 3.50. The second kappa shape index (κ2) is 6.53. The van der Waals surface area contributed by atoms with Gasteiger partial charge in [0.25, 0.3) is 0 Å². The molecule has 0 radical (unpaired) electrons. The molecule has 0 N–H and O–H groups in total. The fourth-order valence-electron chi connectivity index (χ4n) is 1.36. The second-order valence-corrected chi connectivity index (χ2v) is 3.50. The Balaban J connectivity index is 2.90. The van der Waals surface area contributed by atoms with Gasteiger partial charge in [0.1, 0.15) is 0 Å². The molecular weight excluding hydrogens is 216 g/mol. The molecule has 1 aromatic rings. The van der Waals surface area contributed by atoms with Crippen LogP contribution in [-0.4, -0.2) is 20.2 Å². The van der Waals surface area contributed by atoms with Crippen LogP contribution in [0.25, 0.3) is 6.08 Å². The van der Waals surface area contributed by atoms with Crippen molar-refractivity contribution in [1.29, 1.82) is 0 Å². The van der Waals surface area contributed by atoms with E-state index in [9.17, 15) is 4.79 Å². The highest BCUT2D eigenvalue weighted by molar-refractivity contribution is 5.87. The van der Waals surface area contributed by atoms with E-state index in [0.717, 1.165) is 11.1 Å². The Bertz CT molecular complexity index is 430. The van der Waals surface area contributed by atoms with Crippen molar-refractivity contribution in [1.82, 2.24) is 0 Å². The van der Waals surface area contributed by atoms with Gasteiger partial charge >= 0.3 is 5.97 Å². The lowest BCUT2D eigenvalue weighted by molar-refractivity contribution is -0.139. The molecule has 3 nitrogen and oxygen atoms in total. The molecule has 1 aromatic carbocycles. The molecule has 17 heavy (non-hydrogen) atoms. The van der Waals surface area contributed by atoms with Crippen LogP contribution in [0.1, 0.15) is 12.5 Å². The molecule has 0 amide bonds. The molecule has 3 heteroatoms. The maximum Gasteiger partial charge on any atom is 0.373 e. The van der Waals surface area contributed by atoms with Gasteiger partial charge in [-0.05, 0) is 24.1 Å². The molecule has 0 saturated heterocycles. The Labute approximate surface area is 101 Å². The number of carbonyl (C=O) groups is 1. The summed E-state index contributed by atoms with van der Waals surface area (Å²) in [4.78, 5) is 11.3. The van der Waals surface area contributed by atoms with E-state index in [1.165, 1.54) is 14.2 Å². The largest absolute Gasteiger partial charge is 0.490 e. The van der Waals surface area contributed by atoms with Gasteiger partial charge in [0, 0.05) is 0 Å². The summed E-state index contributed by atoms with van der Waals surface area (Å²) >= 11 is 0. The van der Waals surface area contributed by atoms with Crippen LogP contribution >= 0.6 is 0 Å². The van der Waals surface area contributed by atoms with Gasteiger partial charge in [-0.3, -0.25) is 0 Å². The Morgan fingerprint density at radius 2 is 1.76 bits per heavy atom. The number of methoxy groups -OCH3 is 2. The minimum Gasteiger partial charge on any atom is -0.490 e. The first kappa shape index (κ1) is 13.0. The van der Waals surface area contributed by atoms with Crippen LogP contribution in [0.2, 0.25) is 0 Å². The number of ether oxygens (including phenoxy) is 2. The summed E-state index contributed by atoms with van der Waals surface area (Å²) in [5.74, 6) is -0.287. The molecule has 0 saturated carbocycles. The molecule has 0 aliphatic heterocycles. The normalized spacial score (nSPS) is 12.2. The first-order valence-corrected chi connectivity index (χ1v) is 5.24. The van der Waals surface area contributed by atoms with Gasteiger partial charge in [-0.1, -0.05) is 36.4 Å². The zero-order chi connectivity index (χ0) is 12.7. The molecule has 0 heterocycles. The lowest BCUT2D eigenvalue weighted by atomic mass is 10.1. The smallest absolute Gasteiger partial charge is 0.373 e. The fraction of sp³-hybridized carbons (Fsp3) is 0.214. The van der Waals surface area contributed by atoms with Gasteiger partial charge in [0.05, 0.1) is 14.2 Å². The summed E-state index contributed by atoms with van der Waals surface area (Å²) in [6, 6.07) is 9.85. The third-order valence-electron chi connectivity index (χ3n) is 2.16. The highest BCUT2D eigenvalue weighted by atomic mass is 16.6. The average molecular weight is 232 g/mol. The number of hydrogen-bond donors (Lipinski definition) is 0. The fourth-order valence-corrected chi connectivity index (χ4v) is 1.36. The SMILES string of the molecule is COC(=O)/C(=C/C(C)=C/c1ccccc1)OC. The first-order chi connectivity index (χ1) is 8.17. The van der Waals surface area contributed by atoms with E-state index < -0.39 is 5.97 Å². The molecular formula is C14H16O3. The van der Waals surface area contributed by atoms with E-state index in [1.807, 2.05) is 43.3 Å². The van der Waals surface area contributed by atoms with Gasteiger partial charge < -0.3 is 9.47 Å². The van der Waals surface area contributed by atoms with E-state index in [1.54, 1.807) is 6.08 Å². The molecule has 0 bridgehead atoms. The Hall–Kier alpha value is -2.03.